The Labute approximate surface area is 78.2 Å². The van der Waals surface area contributed by atoms with Crippen molar-refractivity contribution in [3.8, 4) is 6.07 Å². The van der Waals surface area contributed by atoms with E-state index in [-0.39, 0.29) is 0 Å². The zero-order valence-corrected chi connectivity index (χ0v) is 7.75. The summed E-state index contributed by atoms with van der Waals surface area (Å²) >= 11 is 0. The van der Waals surface area contributed by atoms with E-state index in [4.69, 9.17) is 11.0 Å². The molecule has 1 heterocycles. The second-order valence-corrected chi connectivity index (χ2v) is 3.04. The fraction of sp³-hybridized carbons (Fsp3) is 0.400. The number of hydrogen-bond donors (Lipinski definition) is 1. The molecule has 0 radical (unpaired) electrons. The lowest BCUT2D eigenvalue weighted by Crippen LogP contribution is -1.96. The van der Waals surface area contributed by atoms with Gasteiger partial charge in [0.2, 0.25) is 0 Å². The van der Waals surface area contributed by atoms with Gasteiger partial charge in [0.25, 0.3) is 0 Å². The molecule has 0 bridgehead atoms. The van der Waals surface area contributed by atoms with Gasteiger partial charge in [-0.3, -0.25) is 4.98 Å². The molecular weight excluding hydrogens is 162 g/mol. The molecule has 0 amide bonds. The van der Waals surface area contributed by atoms with Gasteiger partial charge in [-0.15, -0.1) is 0 Å². The van der Waals surface area contributed by atoms with Crippen molar-refractivity contribution in [2.75, 3.05) is 5.73 Å². The van der Waals surface area contributed by atoms with Crippen LogP contribution in [0.15, 0.2) is 12.3 Å². The second-order valence-electron chi connectivity index (χ2n) is 3.04. The molecule has 1 aromatic rings. The van der Waals surface area contributed by atoms with Gasteiger partial charge in [-0.2, -0.15) is 5.26 Å². The van der Waals surface area contributed by atoms with E-state index in [2.05, 4.69) is 11.1 Å². The predicted octanol–water partition coefficient (Wildman–Crippen LogP) is 1.82. The average molecular weight is 175 g/mol. The van der Waals surface area contributed by atoms with E-state index in [9.17, 15) is 0 Å². The van der Waals surface area contributed by atoms with Crippen LogP contribution in [0.4, 0.5) is 5.69 Å². The monoisotopic (exact) mass is 175 g/mol. The summed E-state index contributed by atoms with van der Waals surface area (Å²) in [6.07, 6.45) is 3.98. The first-order valence-electron chi connectivity index (χ1n) is 4.32. The van der Waals surface area contributed by atoms with E-state index in [1.54, 1.807) is 6.20 Å². The summed E-state index contributed by atoms with van der Waals surface area (Å²) in [5, 5.41) is 8.37. The van der Waals surface area contributed by atoms with Gasteiger partial charge >= 0.3 is 0 Å². The van der Waals surface area contributed by atoms with Gasteiger partial charge in [-0.05, 0) is 31.4 Å². The van der Waals surface area contributed by atoms with Crippen molar-refractivity contribution in [1.82, 2.24) is 4.98 Å². The maximum absolute atomic E-state index is 8.37. The summed E-state index contributed by atoms with van der Waals surface area (Å²) in [5.74, 6) is 0. The lowest BCUT2D eigenvalue weighted by atomic mass is 10.1. The Hall–Kier alpha value is -1.56. The molecule has 0 spiro atoms. The largest absolute Gasteiger partial charge is 0.397 e. The van der Waals surface area contributed by atoms with Gasteiger partial charge in [0.05, 0.1) is 18.0 Å². The SMILES string of the molecule is Cc1cc(N)cnc1CCCC#N. The number of hydrogen-bond acceptors (Lipinski definition) is 3. The van der Waals surface area contributed by atoms with Crippen LogP contribution in [-0.2, 0) is 6.42 Å². The van der Waals surface area contributed by atoms with Crippen LogP contribution in [0.2, 0.25) is 0 Å². The molecule has 1 aromatic heterocycles. The quantitative estimate of drug-likeness (QED) is 0.713. The number of rotatable bonds is 3. The number of nitrogens with two attached hydrogens (primary N) is 1. The lowest BCUT2D eigenvalue weighted by molar-refractivity contribution is 0.818. The smallest absolute Gasteiger partial charge is 0.0621 e. The van der Waals surface area contributed by atoms with Gasteiger partial charge in [-0.25, -0.2) is 0 Å². The van der Waals surface area contributed by atoms with E-state index < -0.39 is 0 Å². The summed E-state index contributed by atoms with van der Waals surface area (Å²) in [6.45, 7) is 1.99. The van der Waals surface area contributed by atoms with Crippen molar-refractivity contribution in [2.24, 2.45) is 0 Å². The Morgan fingerprint density at radius 2 is 2.38 bits per heavy atom. The average Bonchev–Trinajstić information content (AvgIpc) is 2.09. The van der Waals surface area contributed by atoms with E-state index in [1.807, 2.05) is 13.0 Å². The van der Waals surface area contributed by atoms with Crippen LogP contribution < -0.4 is 5.73 Å². The normalized spacial score (nSPS) is 9.54. The van der Waals surface area contributed by atoms with Crippen LogP contribution in [0.25, 0.3) is 0 Å². The van der Waals surface area contributed by atoms with Gasteiger partial charge < -0.3 is 5.73 Å². The van der Waals surface area contributed by atoms with Crippen molar-refractivity contribution in [3.05, 3.63) is 23.5 Å². The third-order valence-corrected chi connectivity index (χ3v) is 1.91. The Kier molecular flexibility index (Phi) is 3.27. The minimum absolute atomic E-state index is 0.589. The Balaban J connectivity index is 2.62. The van der Waals surface area contributed by atoms with E-state index in [0.717, 1.165) is 24.1 Å². The van der Waals surface area contributed by atoms with Crippen molar-refractivity contribution in [3.63, 3.8) is 0 Å². The summed E-state index contributed by atoms with van der Waals surface area (Å²) < 4.78 is 0. The van der Waals surface area contributed by atoms with Crippen molar-refractivity contribution in [2.45, 2.75) is 26.2 Å². The highest BCUT2D eigenvalue weighted by molar-refractivity contribution is 5.39. The summed E-state index contributed by atoms with van der Waals surface area (Å²) in [7, 11) is 0. The molecule has 0 saturated heterocycles. The van der Waals surface area contributed by atoms with Crippen molar-refractivity contribution < 1.29 is 0 Å². The first-order valence-corrected chi connectivity index (χ1v) is 4.32. The van der Waals surface area contributed by atoms with Gasteiger partial charge in [-0.1, -0.05) is 0 Å². The van der Waals surface area contributed by atoms with Gasteiger partial charge in [0, 0.05) is 12.1 Å². The summed E-state index contributed by atoms with van der Waals surface area (Å²) in [5.41, 5.74) is 8.42. The number of pyridine rings is 1. The molecule has 13 heavy (non-hydrogen) atoms. The molecule has 3 heteroatoms. The van der Waals surface area contributed by atoms with E-state index in [0.29, 0.717) is 12.1 Å². The third kappa shape index (κ3) is 2.75. The number of nitriles is 1. The second kappa shape index (κ2) is 4.46. The number of aromatic nitrogens is 1. The summed E-state index contributed by atoms with van der Waals surface area (Å²) in [4.78, 5) is 4.22. The maximum atomic E-state index is 8.37. The first kappa shape index (κ1) is 9.53. The highest BCUT2D eigenvalue weighted by atomic mass is 14.7. The molecule has 0 saturated carbocycles. The molecule has 68 valence electrons. The molecular formula is C10H13N3. The maximum Gasteiger partial charge on any atom is 0.0621 e. The molecule has 0 aliphatic heterocycles. The highest BCUT2D eigenvalue weighted by Crippen LogP contribution is 2.11. The minimum Gasteiger partial charge on any atom is -0.397 e. The van der Waals surface area contributed by atoms with Crippen LogP contribution in [0.3, 0.4) is 0 Å². The molecule has 1 rings (SSSR count). The standard InChI is InChI=1S/C10H13N3/c1-8-6-9(12)7-13-10(8)4-2-3-5-11/h6-7H,2-4,12H2,1H3. The number of aryl methyl sites for hydroxylation is 2. The fourth-order valence-corrected chi connectivity index (χ4v) is 1.22. The van der Waals surface area contributed by atoms with E-state index >= 15 is 0 Å². The zero-order chi connectivity index (χ0) is 9.68. The molecule has 0 aliphatic carbocycles. The van der Waals surface area contributed by atoms with Crippen molar-refractivity contribution >= 4 is 5.69 Å². The third-order valence-electron chi connectivity index (χ3n) is 1.91. The predicted molar refractivity (Wildman–Crippen MR) is 51.9 cm³/mol. The fourth-order valence-electron chi connectivity index (χ4n) is 1.22. The number of nitrogen functional groups attached to an aromatic ring is 1. The van der Waals surface area contributed by atoms with E-state index in [1.165, 1.54) is 0 Å². The molecule has 3 nitrogen and oxygen atoms in total. The van der Waals surface area contributed by atoms with Crippen molar-refractivity contribution in [1.29, 1.82) is 5.26 Å². The van der Waals surface area contributed by atoms with Crippen LogP contribution >= 0.6 is 0 Å². The lowest BCUT2D eigenvalue weighted by Gasteiger charge is -2.03. The Morgan fingerprint density at radius 1 is 1.62 bits per heavy atom. The van der Waals surface area contributed by atoms with Crippen LogP contribution in [0.5, 0.6) is 0 Å². The molecule has 0 fully saturated rings. The van der Waals surface area contributed by atoms with Gasteiger partial charge in [0.1, 0.15) is 0 Å². The molecule has 2 N–H and O–H groups in total. The topological polar surface area (TPSA) is 62.7 Å². The minimum atomic E-state index is 0.589. The van der Waals surface area contributed by atoms with Crippen LogP contribution in [0, 0.1) is 18.3 Å². The molecule has 0 aromatic carbocycles. The summed E-state index contributed by atoms with van der Waals surface area (Å²) in [6, 6.07) is 4.03. The number of anilines is 1. The first-order chi connectivity index (χ1) is 6.24. The van der Waals surface area contributed by atoms with Crippen LogP contribution in [0.1, 0.15) is 24.1 Å². The Bertz CT molecular complexity index is 325. The molecule has 0 atom stereocenters. The molecule has 0 aliphatic rings. The highest BCUT2D eigenvalue weighted by Gasteiger charge is 1.99. The zero-order valence-electron chi connectivity index (χ0n) is 7.75. The number of nitrogens with zero attached hydrogens (tertiary/aromatic N) is 2. The Morgan fingerprint density at radius 3 is 3.00 bits per heavy atom. The van der Waals surface area contributed by atoms with Gasteiger partial charge in [0.15, 0.2) is 0 Å². The number of unbranched alkanes of at least 4 members (excludes halogenated alkanes) is 1. The van der Waals surface area contributed by atoms with Crippen LogP contribution in [-0.4, -0.2) is 4.98 Å². The molecule has 0 unspecified atom stereocenters.